The minimum atomic E-state index is -0.771. The van der Waals surface area contributed by atoms with Gasteiger partial charge < -0.3 is 9.30 Å². The van der Waals surface area contributed by atoms with Gasteiger partial charge in [0.1, 0.15) is 11.7 Å². The Morgan fingerprint density at radius 1 is 1.16 bits per heavy atom. The van der Waals surface area contributed by atoms with Crippen molar-refractivity contribution in [3.63, 3.8) is 0 Å². The molecule has 4 rings (SSSR count). The Labute approximate surface area is 146 Å². The molecule has 0 bridgehead atoms. The Hall–Kier alpha value is -3.32. The smallest absolute Gasteiger partial charge is 0.164 e. The van der Waals surface area contributed by atoms with E-state index in [1.165, 1.54) is 0 Å². The summed E-state index contributed by atoms with van der Waals surface area (Å²) < 4.78 is 8.36. The van der Waals surface area contributed by atoms with E-state index in [9.17, 15) is 5.26 Å². The van der Waals surface area contributed by atoms with Gasteiger partial charge in [0.05, 0.1) is 18.9 Å². The van der Waals surface area contributed by atoms with Crippen molar-refractivity contribution in [1.82, 2.24) is 9.55 Å². The molecule has 0 saturated carbocycles. The third-order valence-corrected chi connectivity index (χ3v) is 4.48. The largest absolute Gasteiger partial charge is 0.480 e. The first-order chi connectivity index (χ1) is 12.3. The van der Waals surface area contributed by atoms with Crippen LogP contribution in [-0.4, -0.2) is 15.2 Å². The van der Waals surface area contributed by atoms with E-state index in [-0.39, 0.29) is 5.92 Å². The van der Waals surface area contributed by atoms with E-state index in [1.54, 1.807) is 12.5 Å². The van der Waals surface area contributed by atoms with Crippen LogP contribution in [0.5, 0.6) is 5.75 Å². The maximum absolute atomic E-state index is 9.67. The summed E-state index contributed by atoms with van der Waals surface area (Å²) in [5.74, 6) is 0.366. The van der Waals surface area contributed by atoms with Gasteiger partial charge in [-0.05, 0) is 29.0 Å². The van der Waals surface area contributed by atoms with Crippen molar-refractivity contribution in [3.05, 3.63) is 85.5 Å². The SMILES string of the molecule is N#CC1C=CC=CC1(Cn1ccnc1)Oc1ccc2ccccc2c1. The quantitative estimate of drug-likeness (QED) is 0.724. The van der Waals surface area contributed by atoms with Gasteiger partial charge in [-0.2, -0.15) is 5.26 Å². The molecular weight excluding hydrogens is 310 g/mol. The maximum atomic E-state index is 9.67. The Morgan fingerprint density at radius 3 is 2.84 bits per heavy atom. The highest BCUT2D eigenvalue weighted by Gasteiger charge is 2.39. The van der Waals surface area contributed by atoms with E-state index in [0.717, 1.165) is 16.5 Å². The summed E-state index contributed by atoms with van der Waals surface area (Å²) in [4.78, 5) is 4.10. The molecule has 0 amide bonds. The fourth-order valence-electron chi connectivity index (χ4n) is 3.21. The lowest BCUT2D eigenvalue weighted by Crippen LogP contribution is -2.45. The fraction of sp³-hybridized carbons (Fsp3) is 0.143. The highest BCUT2D eigenvalue weighted by atomic mass is 16.5. The first-order valence-electron chi connectivity index (χ1n) is 8.18. The van der Waals surface area contributed by atoms with E-state index >= 15 is 0 Å². The van der Waals surface area contributed by atoms with Gasteiger partial charge in [0.15, 0.2) is 5.60 Å². The molecule has 4 heteroatoms. The zero-order valence-corrected chi connectivity index (χ0v) is 13.6. The van der Waals surface area contributed by atoms with Gasteiger partial charge in [0, 0.05) is 12.4 Å². The Bertz CT molecular complexity index is 982. The lowest BCUT2D eigenvalue weighted by atomic mass is 9.84. The average molecular weight is 327 g/mol. The van der Waals surface area contributed by atoms with Crippen molar-refractivity contribution in [2.45, 2.75) is 12.1 Å². The second-order valence-corrected chi connectivity index (χ2v) is 6.15. The summed E-state index contributed by atoms with van der Waals surface area (Å²) in [5, 5.41) is 11.9. The number of nitriles is 1. The normalized spacial score (nSPS) is 22.0. The lowest BCUT2D eigenvalue weighted by Gasteiger charge is -2.36. The van der Waals surface area contributed by atoms with Gasteiger partial charge >= 0.3 is 0 Å². The molecule has 0 saturated heterocycles. The van der Waals surface area contributed by atoms with Crippen molar-refractivity contribution in [2.24, 2.45) is 5.92 Å². The topological polar surface area (TPSA) is 50.8 Å². The first kappa shape index (κ1) is 15.2. The Balaban J connectivity index is 1.73. The number of fused-ring (bicyclic) bond motifs is 1. The summed E-state index contributed by atoms with van der Waals surface area (Å²) >= 11 is 0. The van der Waals surface area contributed by atoms with Gasteiger partial charge in [-0.25, -0.2) is 4.98 Å². The molecule has 1 aliphatic carbocycles. The van der Waals surface area contributed by atoms with Crippen LogP contribution in [0.2, 0.25) is 0 Å². The molecule has 1 aliphatic rings. The summed E-state index contributed by atoms with van der Waals surface area (Å²) in [6, 6.07) is 16.5. The van der Waals surface area contributed by atoms with E-state index in [4.69, 9.17) is 4.74 Å². The maximum Gasteiger partial charge on any atom is 0.164 e. The number of imidazole rings is 1. The molecule has 4 nitrogen and oxygen atoms in total. The molecule has 1 aromatic heterocycles. The third kappa shape index (κ3) is 2.92. The second kappa shape index (κ2) is 6.29. The highest BCUT2D eigenvalue weighted by Crippen LogP contribution is 2.33. The van der Waals surface area contributed by atoms with Crippen LogP contribution >= 0.6 is 0 Å². The van der Waals surface area contributed by atoms with Gasteiger partial charge in [-0.15, -0.1) is 0 Å². The first-order valence-corrected chi connectivity index (χ1v) is 8.18. The van der Waals surface area contributed by atoms with Crippen molar-refractivity contribution in [1.29, 1.82) is 5.26 Å². The van der Waals surface area contributed by atoms with E-state index in [1.807, 2.05) is 65.4 Å². The van der Waals surface area contributed by atoms with Crippen LogP contribution in [0.25, 0.3) is 10.8 Å². The molecule has 0 N–H and O–H groups in total. The van der Waals surface area contributed by atoms with Crippen molar-refractivity contribution >= 4 is 10.8 Å². The molecule has 1 heterocycles. The number of hydrogen-bond donors (Lipinski definition) is 0. The van der Waals surface area contributed by atoms with Crippen LogP contribution in [0.1, 0.15) is 0 Å². The molecule has 3 aromatic rings. The second-order valence-electron chi connectivity index (χ2n) is 6.15. The number of allylic oxidation sites excluding steroid dienone is 2. The minimum Gasteiger partial charge on any atom is -0.480 e. The van der Waals surface area contributed by atoms with Crippen LogP contribution in [0.4, 0.5) is 0 Å². The monoisotopic (exact) mass is 327 g/mol. The van der Waals surface area contributed by atoms with Crippen LogP contribution in [0.15, 0.2) is 85.5 Å². The van der Waals surface area contributed by atoms with Gasteiger partial charge in [-0.3, -0.25) is 0 Å². The molecule has 2 atom stereocenters. The van der Waals surface area contributed by atoms with Crippen LogP contribution in [0, 0.1) is 17.2 Å². The predicted octanol–water partition coefficient (Wildman–Crippen LogP) is 4.12. The number of hydrogen-bond acceptors (Lipinski definition) is 3. The van der Waals surface area contributed by atoms with Crippen LogP contribution < -0.4 is 4.74 Å². The van der Waals surface area contributed by atoms with Crippen molar-refractivity contribution in [3.8, 4) is 11.8 Å². The van der Waals surface area contributed by atoms with E-state index in [0.29, 0.717) is 6.54 Å². The zero-order chi connectivity index (χ0) is 17.1. The molecular formula is C21H17N3O. The molecule has 122 valence electrons. The van der Waals surface area contributed by atoms with Crippen LogP contribution in [0.3, 0.4) is 0 Å². The third-order valence-electron chi connectivity index (χ3n) is 4.48. The summed E-state index contributed by atoms with van der Waals surface area (Å²) in [6.07, 6.45) is 13.0. The van der Waals surface area contributed by atoms with Gasteiger partial charge in [0.25, 0.3) is 0 Å². The number of nitrogens with zero attached hydrogens (tertiary/aromatic N) is 3. The molecule has 0 fully saturated rings. The molecule has 0 aliphatic heterocycles. The van der Waals surface area contributed by atoms with Crippen molar-refractivity contribution < 1.29 is 4.74 Å². The fourth-order valence-corrected chi connectivity index (χ4v) is 3.21. The van der Waals surface area contributed by atoms with E-state index in [2.05, 4.69) is 23.2 Å². The highest BCUT2D eigenvalue weighted by molar-refractivity contribution is 5.83. The Kier molecular flexibility index (Phi) is 3.83. The summed E-state index contributed by atoms with van der Waals surface area (Å²) in [6.45, 7) is 0.513. The molecule has 0 spiro atoms. The van der Waals surface area contributed by atoms with E-state index < -0.39 is 5.60 Å². The number of benzene rings is 2. The molecule has 25 heavy (non-hydrogen) atoms. The molecule has 0 radical (unpaired) electrons. The summed E-state index contributed by atoms with van der Waals surface area (Å²) in [5.41, 5.74) is -0.771. The molecule has 2 aromatic carbocycles. The number of rotatable bonds is 4. The lowest BCUT2D eigenvalue weighted by molar-refractivity contribution is 0.0754. The van der Waals surface area contributed by atoms with Crippen molar-refractivity contribution in [2.75, 3.05) is 0 Å². The number of ether oxygens (including phenoxy) is 1. The minimum absolute atomic E-state index is 0.383. The Morgan fingerprint density at radius 2 is 2.04 bits per heavy atom. The van der Waals surface area contributed by atoms with Gasteiger partial charge in [0.2, 0.25) is 0 Å². The zero-order valence-electron chi connectivity index (χ0n) is 13.6. The number of aromatic nitrogens is 2. The predicted molar refractivity (Wildman–Crippen MR) is 96.9 cm³/mol. The summed E-state index contributed by atoms with van der Waals surface area (Å²) in [7, 11) is 0. The van der Waals surface area contributed by atoms with Gasteiger partial charge in [-0.1, -0.05) is 48.6 Å². The van der Waals surface area contributed by atoms with Crippen LogP contribution in [-0.2, 0) is 6.54 Å². The average Bonchev–Trinajstić information content (AvgIpc) is 3.15. The standard InChI is InChI=1S/C21H17N3O/c22-14-19-7-3-4-10-21(19,15-24-12-11-23-16-24)25-20-9-8-17-5-1-2-6-18(17)13-20/h1-13,16,19H,15H2. The molecule has 2 unspecified atom stereocenters.